The summed E-state index contributed by atoms with van der Waals surface area (Å²) in [6, 6.07) is 9.60. The zero-order valence-corrected chi connectivity index (χ0v) is 18.6. The molecule has 30 heavy (non-hydrogen) atoms. The summed E-state index contributed by atoms with van der Waals surface area (Å²) < 4.78 is 17.1. The van der Waals surface area contributed by atoms with Gasteiger partial charge in [0, 0.05) is 23.1 Å². The molecule has 2 heterocycles. The Morgan fingerprint density at radius 2 is 1.83 bits per heavy atom. The van der Waals surface area contributed by atoms with E-state index in [0.29, 0.717) is 12.2 Å². The fourth-order valence-corrected chi connectivity index (χ4v) is 4.42. The van der Waals surface area contributed by atoms with E-state index >= 15 is 0 Å². The number of fused-ring (bicyclic) bond motifs is 3. The molecule has 0 bridgehead atoms. The van der Waals surface area contributed by atoms with E-state index in [-0.39, 0.29) is 17.1 Å². The van der Waals surface area contributed by atoms with Gasteiger partial charge in [-0.2, -0.15) is 0 Å². The molecule has 0 spiro atoms. The summed E-state index contributed by atoms with van der Waals surface area (Å²) in [5.41, 5.74) is 5.44. The first-order valence-corrected chi connectivity index (χ1v) is 10.4. The molecule has 0 radical (unpaired) electrons. The maximum absolute atomic E-state index is 11.8. The third-order valence-electron chi connectivity index (χ3n) is 5.56. The number of rotatable bonds is 4. The molecule has 0 aromatic heterocycles. The summed E-state index contributed by atoms with van der Waals surface area (Å²) in [5, 5.41) is 0. The molecular weight excluding hydrogens is 378 g/mol. The monoisotopic (exact) mass is 407 g/mol. The van der Waals surface area contributed by atoms with Crippen LogP contribution < -0.4 is 9.47 Å². The lowest BCUT2D eigenvalue weighted by Gasteiger charge is -2.31. The zero-order valence-electron chi connectivity index (χ0n) is 18.6. The predicted molar refractivity (Wildman–Crippen MR) is 117 cm³/mol. The van der Waals surface area contributed by atoms with Crippen LogP contribution in [0.25, 0.3) is 0 Å². The van der Waals surface area contributed by atoms with Gasteiger partial charge in [-0.25, -0.2) is 4.79 Å². The van der Waals surface area contributed by atoms with E-state index in [1.165, 1.54) is 12.7 Å². The van der Waals surface area contributed by atoms with Crippen LogP contribution in [0.3, 0.4) is 0 Å². The van der Waals surface area contributed by atoms with Crippen molar-refractivity contribution < 1.29 is 19.0 Å². The molecule has 158 valence electrons. The van der Waals surface area contributed by atoms with Crippen molar-refractivity contribution in [3.8, 4) is 11.5 Å². The second kappa shape index (κ2) is 7.15. The Labute approximate surface area is 178 Å². The fourth-order valence-electron chi connectivity index (χ4n) is 4.42. The average Bonchev–Trinajstić information content (AvgIpc) is 3.01. The highest BCUT2D eigenvalue weighted by Gasteiger charge is 2.39. The van der Waals surface area contributed by atoms with Crippen molar-refractivity contribution in [2.24, 2.45) is 4.99 Å². The SMILES string of the molecule is CCOc1cc2c(c3c1OC(C)(C)C3)C(c1ccc(C(=O)OC)cc1)=NC(C)(C)C2. The number of esters is 1. The van der Waals surface area contributed by atoms with Gasteiger partial charge in [-0.3, -0.25) is 4.99 Å². The Hall–Kier alpha value is -2.82. The van der Waals surface area contributed by atoms with E-state index in [0.717, 1.165) is 46.7 Å². The Morgan fingerprint density at radius 1 is 1.13 bits per heavy atom. The molecule has 0 amide bonds. The lowest BCUT2D eigenvalue weighted by Crippen LogP contribution is -2.30. The van der Waals surface area contributed by atoms with Crippen LogP contribution in [0.2, 0.25) is 0 Å². The number of hydrogen-bond acceptors (Lipinski definition) is 5. The quantitative estimate of drug-likeness (QED) is 0.686. The first-order valence-electron chi connectivity index (χ1n) is 10.4. The van der Waals surface area contributed by atoms with Gasteiger partial charge in [0.2, 0.25) is 0 Å². The van der Waals surface area contributed by atoms with Gasteiger partial charge in [-0.1, -0.05) is 12.1 Å². The standard InChI is InChI=1S/C25H29NO4/c1-7-29-19-12-17-13-24(2,3)26-21(15-8-10-16(11-9-15)23(27)28-6)20(17)18-14-25(4,5)30-22(18)19/h8-12H,7,13-14H2,1-6H3. The van der Waals surface area contributed by atoms with Crippen molar-refractivity contribution in [2.45, 2.75) is 58.6 Å². The number of nitrogens with zero attached hydrogens (tertiary/aromatic N) is 1. The third-order valence-corrected chi connectivity index (χ3v) is 5.56. The van der Waals surface area contributed by atoms with Gasteiger partial charge in [-0.05, 0) is 64.8 Å². The number of carbonyl (C=O) groups is 1. The second-order valence-electron chi connectivity index (χ2n) is 9.21. The molecule has 0 N–H and O–H groups in total. The smallest absolute Gasteiger partial charge is 0.337 e. The maximum Gasteiger partial charge on any atom is 0.337 e. The van der Waals surface area contributed by atoms with Crippen molar-refractivity contribution in [2.75, 3.05) is 13.7 Å². The zero-order chi connectivity index (χ0) is 21.7. The Morgan fingerprint density at radius 3 is 2.47 bits per heavy atom. The summed E-state index contributed by atoms with van der Waals surface area (Å²) in [6.45, 7) is 11.1. The van der Waals surface area contributed by atoms with Crippen LogP contribution in [0.5, 0.6) is 11.5 Å². The van der Waals surface area contributed by atoms with Gasteiger partial charge in [-0.15, -0.1) is 0 Å². The Kier molecular flexibility index (Phi) is 4.88. The highest BCUT2D eigenvalue weighted by Crippen LogP contribution is 2.48. The molecule has 0 unspecified atom stereocenters. The summed E-state index contributed by atoms with van der Waals surface area (Å²) in [6.07, 6.45) is 1.63. The van der Waals surface area contributed by atoms with Crippen molar-refractivity contribution in [3.05, 3.63) is 58.1 Å². The normalized spacial score (nSPS) is 18.0. The first-order chi connectivity index (χ1) is 14.1. The lowest BCUT2D eigenvalue weighted by molar-refractivity contribution is 0.0600. The van der Waals surface area contributed by atoms with Gasteiger partial charge < -0.3 is 14.2 Å². The molecule has 4 rings (SSSR count). The molecule has 0 fully saturated rings. The minimum Gasteiger partial charge on any atom is -0.490 e. The topological polar surface area (TPSA) is 57.1 Å². The maximum atomic E-state index is 11.8. The van der Waals surface area contributed by atoms with E-state index in [1.54, 1.807) is 12.1 Å². The largest absolute Gasteiger partial charge is 0.490 e. The van der Waals surface area contributed by atoms with E-state index in [9.17, 15) is 4.79 Å². The average molecular weight is 408 g/mol. The van der Waals surface area contributed by atoms with E-state index in [4.69, 9.17) is 19.2 Å². The number of carbonyl (C=O) groups excluding carboxylic acids is 1. The van der Waals surface area contributed by atoms with Gasteiger partial charge in [0.1, 0.15) is 5.60 Å². The lowest BCUT2D eigenvalue weighted by atomic mass is 9.81. The molecular formula is C25H29NO4. The fraction of sp³-hybridized carbons (Fsp3) is 0.440. The molecule has 0 atom stereocenters. The van der Waals surface area contributed by atoms with Gasteiger partial charge in [0.15, 0.2) is 11.5 Å². The number of hydrogen-bond donors (Lipinski definition) is 0. The minimum absolute atomic E-state index is 0.240. The molecule has 5 nitrogen and oxygen atoms in total. The highest BCUT2D eigenvalue weighted by molar-refractivity contribution is 6.16. The van der Waals surface area contributed by atoms with Crippen LogP contribution in [0, 0.1) is 0 Å². The molecule has 2 aliphatic rings. The van der Waals surface area contributed by atoms with Gasteiger partial charge in [0.05, 0.1) is 30.5 Å². The molecule has 5 heteroatoms. The molecule has 2 aromatic carbocycles. The van der Waals surface area contributed by atoms with Crippen LogP contribution in [-0.4, -0.2) is 36.5 Å². The molecule has 0 saturated carbocycles. The molecule has 0 aliphatic carbocycles. The van der Waals surface area contributed by atoms with Gasteiger partial charge in [0.25, 0.3) is 0 Å². The van der Waals surface area contributed by atoms with Crippen LogP contribution in [0.4, 0.5) is 0 Å². The second-order valence-corrected chi connectivity index (χ2v) is 9.21. The Bertz CT molecular complexity index is 1030. The summed E-state index contributed by atoms with van der Waals surface area (Å²) in [5.74, 6) is 1.30. The number of aliphatic imine (C=N–C) groups is 1. The first kappa shape index (κ1) is 20.5. The Balaban J connectivity index is 1.89. The van der Waals surface area contributed by atoms with Crippen molar-refractivity contribution in [3.63, 3.8) is 0 Å². The number of methoxy groups -OCH3 is 1. The highest BCUT2D eigenvalue weighted by atomic mass is 16.5. The predicted octanol–water partition coefficient (Wildman–Crippen LogP) is 4.76. The molecule has 2 aliphatic heterocycles. The van der Waals surface area contributed by atoms with E-state index < -0.39 is 0 Å². The molecule has 0 saturated heterocycles. The number of ether oxygens (including phenoxy) is 3. The van der Waals surface area contributed by atoms with Crippen molar-refractivity contribution in [1.82, 2.24) is 0 Å². The number of benzene rings is 2. The van der Waals surface area contributed by atoms with E-state index in [1.807, 2.05) is 19.1 Å². The summed E-state index contributed by atoms with van der Waals surface area (Å²) in [7, 11) is 1.39. The molecule has 2 aromatic rings. The summed E-state index contributed by atoms with van der Waals surface area (Å²) in [4.78, 5) is 17.0. The minimum atomic E-state index is -0.342. The van der Waals surface area contributed by atoms with Gasteiger partial charge >= 0.3 is 5.97 Å². The van der Waals surface area contributed by atoms with E-state index in [2.05, 4.69) is 33.8 Å². The van der Waals surface area contributed by atoms with Crippen molar-refractivity contribution >= 4 is 11.7 Å². The third kappa shape index (κ3) is 3.57. The summed E-state index contributed by atoms with van der Waals surface area (Å²) >= 11 is 0. The van der Waals surface area contributed by atoms with Crippen LogP contribution >= 0.6 is 0 Å². The van der Waals surface area contributed by atoms with Crippen LogP contribution in [0.15, 0.2) is 35.3 Å². The van der Waals surface area contributed by atoms with Crippen molar-refractivity contribution in [1.29, 1.82) is 0 Å². The van der Waals surface area contributed by atoms with Crippen LogP contribution in [0.1, 0.15) is 67.2 Å². The van der Waals surface area contributed by atoms with Crippen LogP contribution in [-0.2, 0) is 17.6 Å².